The third-order valence-electron chi connectivity index (χ3n) is 3.05. The monoisotopic (exact) mass is 309 g/mol. The molecule has 100 valence electrons. The molecule has 0 unspecified atom stereocenters. The van der Waals surface area contributed by atoms with E-state index in [2.05, 4.69) is 73.2 Å². The molecule has 0 fully saturated rings. The Kier molecular flexibility index (Phi) is 6.66. The van der Waals surface area contributed by atoms with Gasteiger partial charge in [0.25, 0.3) is 0 Å². The number of aryl methyl sites for hydroxylation is 1. The lowest BCUT2D eigenvalue weighted by molar-refractivity contribution is 0.657. The van der Waals surface area contributed by atoms with Gasteiger partial charge in [-0.1, -0.05) is 60.5 Å². The molecule has 0 saturated heterocycles. The lowest BCUT2D eigenvalue weighted by Gasteiger charge is -2.13. The van der Waals surface area contributed by atoms with Crippen LogP contribution in [0.5, 0.6) is 0 Å². The summed E-state index contributed by atoms with van der Waals surface area (Å²) in [5.74, 6) is 0.578. The van der Waals surface area contributed by atoms with Crippen LogP contribution in [-0.4, -0.2) is 13.1 Å². The van der Waals surface area contributed by atoms with Gasteiger partial charge in [0, 0.05) is 11.0 Å². The van der Waals surface area contributed by atoms with Crippen molar-refractivity contribution in [2.75, 3.05) is 13.1 Å². The summed E-state index contributed by atoms with van der Waals surface area (Å²) in [5, 5.41) is 3.48. The fourth-order valence-corrected chi connectivity index (χ4v) is 2.14. The standard InChI is InChI=1S/C16H24BrN/c1-5-8-18-11-15(12(2)3)9-14-7-6-13(4)16(17)10-14/h6-7,9-10,12,18H,5,8,11H2,1-4H3/b15-9-. The summed E-state index contributed by atoms with van der Waals surface area (Å²) in [6.45, 7) is 10.9. The van der Waals surface area contributed by atoms with E-state index < -0.39 is 0 Å². The molecule has 0 spiro atoms. The molecule has 0 aromatic heterocycles. The van der Waals surface area contributed by atoms with E-state index in [1.54, 1.807) is 0 Å². The molecule has 0 aliphatic carbocycles. The van der Waals surface area contributed by atoms with Gasteiger partial charge in [-0.3, -0.25) is 0 Å². The highest BCUT2D eigenvalue weighted by Crippen LogP contribution is 2.21. The Morgan fingerprint density at radius 3 is 2.67 bits per heavy atom. The van der Waals surface area contributed by atoms with Crippen LogP contribution in [0.2, 0.25) is 0 Å². The third kappa shape index (κ3) is 4.95. The van der Waals surface area contributed by atoms with Crippen molar-refractivity contribution in [1.82, 2.24) is 5.32 Å². The molecule has 1 aromatic carbocycles. The van der Waals surface area contributed by atoms with E-state index in [-0.39, 0.29) is 0 Å². The average Bonchev–Trinajstić information content (AvgIpc) is 2.32. The molecular weight excluding hydrogens is 286 g/mol. The van der Waals surface area contributed by atoms with Crippen molar-refractivity contribution in [3.05, 3.63) is 39.4 Å². The van der Waals surface area contributed by atoms with Gasteiger partial charge in [0.05, 0.1) is 0 Å². The molecule has 1 nitrogen and oxygen atoms in total. The van der Waals surface area contributed by atoms with E-state index >= 15 is 0 Å². The molecule has 0 atom stereocenters. The van der Waals surface area contributed by atoms with Crippen molar-refractivity contribution in [3.8, 4) is 0 Å². The van der Waals surface area contributed by atoms with Crippen LogP contribution < -0.4 is 5.32 Å². The van der Waals surface area contributed by atoms with Crippen LogP contribution in [0.4, 0.5) is 0 Å². The molecule has 0 heterocycles. The van der Waals surface area contributed by atoms with Gasteiger partial charge in [-0.2, -0.15) is 0 Å². The largest absolute Gasteiger partial charge is 0.313 e. The van der Waals surface area contributed by atoms with Crippen molar-refractivity contribution in [2.45, 2.75) is 34.1 Å². The van der Waals surface area contributed by atoms with E-state index in [9.17, 15) is 0 Å². The second kappa shape index (κ2) is 7.75. The van der Waals surface area contributed by atoms with Crippen LogP contribution in [0.3, 0.4) is 0 Å². The van der Waals surface area contributed by atoms with E-state index in [0.29, 0.717) is 5.92 Å². The highest BCUT2D eigenvalue weighted by Gasteiger charge is 2.04. The average molecular weight is 310 g/mol. The van der Waals surface area contributed by atoms with Gasteiger partial charge in [-0.15, -0.1) is 0 Å². The van der Waals surface area contributed by atoms with E-state index in [4.69, 9.17) is 0 Å². The van der Waals surface area contributed by atoms with Gasteiger partial charge >= 0.3 is 0 Å². The summed E-state index contributed by atoms with van der Waals surface area (Å²) in [7, 11) is 0. The molecule has 18 heavy (non-hydrogen) atoms. The zero-order valence-corrected chi connectivity index (χ0v) is 13.5. The van der Waals surface area contributed by atoms with Crippen molar-refractivity contribution in [3.63, 3.8) is 0 Å². The first kappa shape index (κ1) is 15.5. The first-order valence-electron chi connectivity index (χ1n) is 6.72. The van der Waals surface area contributed by atoms with Crippen molar-refractivity contribution < 1.29 is 0 Å². The second-order valence-corrected chi connectivity index (χ2v) is 5.91. The number of hydrogen-bond donors (Lipinski definition) is 1. The number of benzene rings is 1. The maximum absolute atomic E-state index is 3.59. The Morgan fingerprint density at radius 1 is 1.39 bits per heavy atom. The minimum atomic E-state index is 0.578. The fraction of sp³-hybridized carbons (Fsp3) is 0.500. The Bertz CT molecular complexity index is 408. The van der Waals surface area contributed by atoms with Crippen LogP contribution in [0.25, 0.3) is 6.08 Å². The van der Waals surface area contributed by atoms with Crippen molar-refractivity contribution >= 4 is 22.0 Å². The molecule has 0 saturated carbocycles. The summed E-state index contributed by atoms with van der Waals surface area (Å²) in [6, 6.07) is 6.53. The van der Waals surface area contributed by atoms with Crippen LogP contribution in [0.15, 0.2) is 28.2 Å². The number of halogens is 1. The highest BCUT2D eigenvalue weighted by molar-refractivity contribution is 9.10. The zero-order chi connectivity index (χ0) is 13.5. The van der Waals surface area contributed by atoms with Crippen LogP contribution >= 0.6 is 15.9 Å². The lowest BCUT2D eigenvalue weighted by atomic mass is 10.00. The highest BCUT2D eigenvalue weighted by atomic mass is 79.9. The molecule has 0 bridgehead atoms. The first-order chi connectivity index (χ1) is 8.54. The normalized spacial score (nSPS) is 12.2. The number of rotatable bonds is 6. The fourth-order valence-electron chi connectivity index (χ4n) is 1.74. The number of nitrogens with one attached hydrogen (secondary N) is 1. The smallest absolute Gasteiger partial charge is 0.0210 e. The maximum Gasteiger partial charge on any atom is 0.0210 e. The molecule has 0 radical (unpaired) electrons. The van der Waals surface area contributed by atoms with E-state index in [0.717, 1.165) is 13.1 Å². The van der Waals surface area contributed by atoms with Gasteiger partial charge in [0.1, 0.15) is 0 Å². The van der Waals surface area contributed by atoms with Gasteiger partial charge in [-0.25, -0.2) is 0 Å². The zero-order valence-electron chi connectivity index (χ0n) is 11.9. The predicted octanol–water partition coefficient (Wildman–Crippen LogP) is 4.80. The summed E-state index contributed by atoms with van der Waals surface area (Å²) >= 11 is 3.59. The summed E-state index contributed by atoms with van der Waals surface area (Å²) in [6.07, 6.45) is 3.49. The van der Waals surface area contributed by atoms with Crippen molar-refractivity contribution in [2.24, 2.45) is 5.92 Å². The molecule has 1 aromatic rings. The summed E-state index contributed by atoms with van der Waals surface area (Å²) in [5.41, 5.74) is 4.01. The predicted molar refractivity (Wildman–Crippen MR) is 84.9 cm³/mol. The molecule has 0 aliphatic rings. The Morgan fingerprint density at radius 2 is 2.11 bits per heavy atom. The topological polar surface area (TPSA) is 12.0 Å². The van der Waals surface area contributed by atoms with E-state index in [1.807, 2.05) is 0 Å². The Balaban J connectivity index is 2.83. The summed E-state index contributed by atoms with van der Waals surface area (Å²) in [4.78, 5) is 0. The Labute approximate surface area is 120 Å². The molecule has 1 N–H and O–H groups in total. The lowest BCUT2D eigenvalue weighted by Crippen LogP contribution is -2.19. The minimum Gasteiger partial charge on any atom is -0.313 e. The minimum absolute atomic E-state index is 0.578. The quantitative estimate of drug-likeness (QED) is 0.744. The molecule has 2 heteroatoms. The SMILES string of the molecule is CCCNC/C(=C/c1ccc(C)c(Br)c1)C(C)C. The van der Waals surface area contributed by atoms with Crippen LogP contribution in [0, 0.1) is 12.8 Å². The molecule has 0 amide bonds. The van der Waals surface area contributed by atoms with Crippen molar-refractivity contribution in [1.29, 1.82) is 0 Å². The third-order valence-corrected chi connectivity index (χ3v) is 3.90. The van der Waals surface area contributed by atoms with Crippen LogP contribution in [0.1, 0.15) is 38.3 Å². The van der Waals surface area contributed by atoms with Gasteiger partial charge in [0.2, 0.25) is 0 Å². The van der Waals surface area contributed by atoms with Gasteiger partial charge < -0.3 is 5.32 Å². The number of hydrogen-bond acceptors (Lipinski definition) is 1. The molecular formula is C16H24BrN. The van der Waals surface area contributed by atoms with Gasteiger partial charge in [-0.05, 0) is 43.0 Å². The van der Waals surface area contributed by atoms with Crippen LogP contribution in [-0.2, 0) is 0 Å². The molecule has 1 rings (SSSR count). The first-order valence-corrected chi connectivity index (χ1v) is 7.51. The van der Waals surface area contributed by atoms with Gasteiger partial charge in [0.15, 0.2) is 0 Å². The summed E-state index contributed by atoms with van der Waals surface area (Å²) < 4.78 is 1.18. The maximum atomic E-state index is 3.59. The van der Waals surface area contributed by atoms with E-state index in [1.165, 1.54) is 27.6 Å². The second-order valence-electron chi connectivity index (χ2n) is 5.06. The molecule has 0 aliphatic heterocycles. The Hall–Kier alpha value is -0.600.